The molecule has 0 saturated carbocycles. The lowest BCUT2D eigenvalue weighted by Gasteiger charge is -2.31. The van der Waals surface area contributed by atoms with E-state index in [0.717, 1.165) is 0 Å². The molecular weight excluding hydrogens is 476 g/mol. The molecule has 10 heteroatoms. The molecule has 1 atom stereocenters. The summed E-state index contributed by atoms with van der Waals surface area (Å²) in [6, 6.07) is 9.60. The highest BCUT2D eigenvalue weighted by atomic mass is 35.5. The number of hydrogen-bond donors (Lipinski definition) is 1. The summed E-state index contributed by atoms with van der Waals surface area (Å²) in [7, 11) is 0. The maximum absolute atomic E-state index is 12.8. The van der Waals surface area contributed by atoms with Crippen molar-refractivity contribution in [2.45, 2.75) is 18.6 Å². The molecule has 2 aromatic rings. The molecule has 0 aromatic heterocycles. The second-order valence-electron chi connectivity index (χ2n) is 6.12. The van der Waals surface area contributed by atoms with Crippen LogP contribution in [0.1, 0.15) is 13.3 Å². The molecule has 0 bridgehead atoms. The zero-order valence-electron chi connectivity index (χ0n) is 15.1. The molecule has 1 aliphatic heterocycles. The highest BCUT2D eigenvalue weighted by Crippen LogP contribution is 2.32. The lowest BCUT2D eigenvalue weighted by Crippen LogP contribution is -2.45. The average Bonchev–Trinajstić information content (AvgIpc) is 2.59. The zero-order valence-corrected chi connectivity index (χ0v) is 18.9. The number of aliphatic imine (C=N–C) groups is 1. The van der Waals surface area contributed by atoms with E-state index in [9.17, 15) is 9.59 Å². The molecule has 1 aliphatic rings. The minimum atomic E-state index is -0.656. The highest BCUT2D eigenvalue weighted by molar-refractivity contribution is 8.15. The van der Waals surface area contributed by atoms with E-state index >= 15 is 0 Å². The predicted molar refractivity (Wildman–Crippen MR) is 122 cm³/mol. The Kier molecular flexibility index (Phi) is 7.35. The summed E-state index contributed by atoms with van der Waals surface area (Å²) in [6.45, 7) is 2.27. The first-order chi connectivity index (χ1) is 13.7. The standard InChI is InChI=1S/C19H15Cl4N3O2S/c1-2-26-17(27)9-16(18(28)24-14-5-10(20)3-11(21)6-14)29-19(26)25-15-7-12(22)4-13(23)8-15/h3-8,16H,2,9H2,1H3,(H,24,28). The van der Waals surface area contributed by atoms with Gasteiger partial charge in [-0.2, -0.15) is 0 Å². The Bertz CT molecular complexity index is 959. The van der Waals surface area contributed by atoms with Gasteiger partial charge < -0.3 is 5.32 Å². The number of halogens is 4. The van der Waals surface area contributed by atoms with Gasteiger partial charge in [0.15, 0.2) is 5.17 Å². The van der Waals surface area contributed by atoms with Crippen LogP contribution in [-0.4, -0.2) is 33.7 Å². The monoisotopic (exact) mass is 489 g/mol. The Morgan fingerprint density at radius 2 is 1.62 bits per heavy atom. The van der Waals surface area contributed by atoms with Gasteiger partial charge in [-0.15, -0.1) is 0 Å². The molecule has 0 aliphatic carbocycles. The molecule has 1 fully saturated rings. The number of amides is 2. The van der Waals surface area contributed by atoms with Crippen LogP contribution in [-0.2, 0) is 9.59 Å². The first-order valence-corrected chi connectivity index (χ1v) is 10.9. The van der Waals surface area contributed by atoms with Crippen LogP contribution in [0.5, 0.6) is 0 Å². The Labute approximate surface area is 192 Å². The fourth-order valence-corrected chi connectivity index (χ4v) is 4.92. The van der Waals surface area contributed by atoms with Gasteiger partial charge in [0, 0.05) is 38.7 Å². The number of hydrogen-bond acceptors (Lipinski definition) is 4. The van der Waals surface area contributed by atoms with Crippen molar-refractivity contribution < 1.29 is 9.59 Å². The van der Waals surface area contributed by atoms with E-state index in [2.05, 4.69) is 10.3 Å². The summed E-state index contributed by atoms with van der Waals surface area (Å²) >= 11 is 25.2. The van der Waals surface area contributed by atoms with Gasteiger partial charge in [0.2, 0.25) is 11.8 Å². The lowest BCUT2D eigenvalue weighted by molar-refractivity contribution is -0.129. The molecule has 1 N–H and O–H groups in total. The summed E-state index contributed by atoms with van der Waals surface area (Å²) in [4.78, 5) is 31.4. The third kappa shape index (κ3) is 5.80. The van der Waals surface area contributed by atoms with E-state index < -0.39 is 5.25 Å². The predicted octanol–water partition coefficient (Wildman–Crippen LogP) is 6.28. The maximum atomic E-state index is 12.8. The fourth-order valence-electron chi connectivity index (χ4n) is 2.72. The number of anilines is 1. The van der Waals surface area contributed by atoms with E-state index in [1.165, 1.54) is 16.7 Å². The number of amidine groups is 1. The molecule has 3 rings (SSSR count). The van der Waals surface area contributed by atoms with Crippen molar-refractivity contribution in [3.63, 3.8) is 0 Å². The largest absolute Gasteiger partial charge is 0.325 e. The van der Waals surface area contributed by atoms with E-state index in [0.29, 0.717) is 43.2 Å². The van der Waals surface area contributed by atoms with Crippen molar-refractivity contribution in [1.29, 1.82) is 0 Å². The number of carbonyl (C=O) groups is 2. The molecule has 29 heavy (non-hydrogen) atoms. The third-order valence-corrected chi connectivity index (χ3v) is 6.01. The van der Waals surface area contributed by atoms with E-state index in [-0.39, 0.29) is 18.2 Å². The Morgan fingerprint density at radius 1 is 1.07 bits per heavy atom. The van der Waals surface area contributed by atoms with Gasteiger partial charge in [-0.25, -0.2) is 4.99 Å². The van der Waals surface area contributed by atoms with Crippen molar-refractivity contribution in [1.82, 2.24) is 4.90 Å². The van der Waals surface area contributed by atoms with Crippen molar-refractivity contribution in [3.8, 4) is 0 Å². The molecule has 1 unspecified atom stereocenters. The number of thioether (sulfide) groups is 1. The van der Waals surface area contributed by atoms with Crippen LogP contribution in [0.2, 0.25) is 20.1 Å². The molecular formula is C19H15Cl4N3O2S. The van der Waals surface area contributed by atoms with E-state index in [1.54, 1.807) is 36.4 Å². The van der Waals surface area contributed by atoms with Gasteiger partial charge in [0.05, 0.1) is 5.69 Å². The van der Waals surface area contributed by atoms with Crippen molar-refractivity contribution in [2.24, 2.45) is 4.99 Å². The quantitative estimate of drug-likeness (QED) is 0.548. The summed E-state index contributed by atoms with van der Waals surface area (Å²) in [6.07, 6.45) is 0.0496. The number of rotatable bonds is 4. The molecule has 1 heterocycles. The zero-order chi connectivity index (χ0) is 21.1. The summed E-state index contributed by atoms with van der Waals surface area (Å²) in [5.74, 6) is -0.531. The fraction of sp³-hybridized carbons (Fsp3) is 0.211. The van der Waals surface area contributed by atoms with Crippen LogP contribution in [0.25, 0.3) is 0 Å². The molecule has 0 radical (unpaired) electrons. The number of nitrogens with one attached hydrogen (secondary N) is 1. The van der Waals surface area contributed by atoms with E-state index in [4.69, 9.17) is 46.4 Å². The van der Waals surface area contributed by atoms with Crippen LogP contribution in [0.4, 0.5) is 11.4 Å². The Morgan fingerprint density at radius 3 is 2.17 bits per heavy atom. The Balaban J connectivity index is 1.85. The van der Waals surface area contributed by atoms with Crippen molar-refractivity contribution in [2.75, 3.05) is 11.9 Å². The van der Waals surface area contributed by atoms with Gasteiger partial charge in [0.25, 0.3) is 0 Å². The second-order valence-corrected chi connectivity index (χ2v) is 9.03. The molecule has 1 saturated heterocycles. The summed E-state index contributed by atoms with van der Waals surface area (Å²) in [5, 5.41) is 4.17. The second kappa shape index (κ2) is 9.58. The first-order valence-electron chi connectivity index (χ1n) is 8.54. The average molecular weight is 491 g/mol. The van der Waals surface area contributed by atoms with Gasteiger partial charge in [-0.3, -0.25) is 14.5 Å². The third-order valence-electron chi connectivity index (χ3n) is 3.95. The molecule has 152 valence electrons. The van der Waals surface area contributed by atoms with Gasteiger partial charge >= 0.3 is 0 Å². The normalized spacial score (nSPS) is 18.2. The molecule has 5 nitrogen and oxygen atoms in total. The topological polar surface area (TPSA) is 61.8 Å². The highest BCUT2D eigenvalue weighted by Gasteiger charge is 2.35. The van der Waals surface area contributed by atoms with Crippen LogP contribution < -0.4 is 5.32 Å². The SMILES string of the molecule is CCN1C(=O)CC(C(=O)Nc2cc(Cl)cc(Cl)c2)SC1=Nc1cc(Cl)cc(Cl)c1. The van der Waals surface area contributed by atoms with Crippen LogP contribution >= 0.6 is 58.2 Å². The van der Waals surface area contributed by atoms with Gasteiger partial charge in [-0.1, -0.05) is 58.2 Å². The number of carbonyl (C=O) groups excluding carboxylic acids is 2. The van der Waals surface area contributed by atoms with E-state index in [1.807, 2.05) is 6.92 Å². The van der Waals surface area contributed by atoms with Crippen LogP contribution in [0, 0.1) is 0 Å². The number of nitrogens with zero attached hydrogens (tertiary/aromatic N) is 2. The van der Waals surface area contributed by atoms with Crippen molar-refractivity contribution >= 4 is 86.5 Å². The number of benzene rings is 2. The molecule has 2 aromatic carbocycles. The first kappa shape index (κ1) is 22.2. The smallest absolute Gasteiger partial charge is 0.238 e. The van der Waals surface area contributed by atoms with Crippen molar-refractivity contribution in [3.05, 3.63) is 56.5 Å². The summed E-state index contributed by atoms with van der Waals surface area (Å²) in [5.41, 5.74) is 0.956. The maximum Gasteiger partial charge on any atom is 0.238 e. The molecule has 2 amide bonds. The lowest BCUT2D eigenvalue weighted by atomic mass is 10.2. The molecule has 0 spiro atoms. The van der Waals surface area contributed by atoms with Crippen LogP contribution in [0.3, 0.4) is 0 Å². The van der Waals surface area contributed by atoms with Gasteiger partial charge in [-0.05, 0) is 43.3 Å². The Hall–Kier alpha value is -1.44. The minimum absolute atomic E-state index is 0.0496. The van der Waals surface area contributed by atoms with Crippen LogP contribution in [0.15, 0.2) is 41.4 Å². The minimum Gasteiger partial charge on any atom is -0.325 e. The van der Waals surface area contributed by atoms with Gasteiger partial charge in [0.1, 0.15) is 5.25 Å². The summed E-state index contributed by atoms with van der Waals surface area (Å²) < 4.78 is 0.